The van der Waals surface area contributed by atoms with E-state index < -0.39 is 23.3 Å². The fourth-order valence-electron chi connectivity index (χ4n) is 1.42. The third kappa shape index (κ3) is 1.89. The van der Waals surface area contributed by atoms with Crippen LogP contribution >= 0.6 is 0 Å². The molecule has 1 heterocycles. The van der Waals surface area contributed by atoms with E-state index in [4.69, 9.17) is 9.52 Å². The minimum atomic E-state index is -1.34. The van der Waals surface area contributed by atoms with Crippen LogP contribution in [0, 0.1) is 18.6 Å². The van der Waals surface area contributed by atoms with Crippen LogP contribution in [0.25, 0.3) is 11.3 Å². The highest BCUT2D eigenvalue weighted by Crippen LogP contribution is 2.28. The number of aromatic nitrogens is 1. The van der Waals surface area contributed by atoms with Crippen LogP contribution in [0.5, 0.6) is 0 Å². The first kappa shape index (κ1) is 11.3. The molecule has 0 radical (unpaired) electrons. The second-order valence-electron chi connectivity index (χ2n) is 3.42. The summed E-state index contributed by atoms with van der Waals surface area (Å²) in [6.07, 6.45) is 0.900. The number of benzene rings is 1. The van der Waals surface area contributed by atoms with Gasteiger partial charge in [0.15, 0.2) is 17.8 Å². The highest BCUT2D eigenvalue weighted by molar-refractivity contribution is 5.92. The molecule has 2 aromatic rings. The molecular formula is C11H7F2NO3. The molecule has 2 rings (SSSR count). The third-order valence-electron chi connectivity index (χ3n) is 2.26. The molecule has 0 aliphatic carbocycles. The van der Waals surface area contributed by atoms with Gasteiger partial charge in [-0.25, -0.2) is 18.6 Å². The number of carbonyl (C=O) groups is 1. The second kappa shape index (κ2) is 3.97. The van der Waals surface area contributed by atoms with Crippen molar-refractivity contribution < 1.29 is 23.1 Å². The first-order valence-corrected chi connectivity index (χ1v) is 4.63. The maximum atomic E-state index is 13.5. The maximum Gasteiger partial charge on any atom is 0.358 e. The van der Waals surface area contributed by atoms with Gasteiger partial charge in [-0.2, -0.15) is 0 Å². The number of carboxylic acids is 1. The molecule has 0 spiro atoms. The Morgan fingerprint density at radius 1 is 1.35 bits per heavy atom. The van der Waals surface area contributed by atoms with Gasteiger partial charge in [-0.3, -0.25) is 0 Å². The highest BCUT2D eigenvalue weighted by atomic mass is 19.1. The Hall–Kier alpha value is -2.24. The summed E-state index contributed by atoms with van der Waals surface area (Å²) in [7, 11) is 0. The van der Waals surface area contributed by atoms with Crippen molar-refractivity contribution in [3.63, 3.8) is 0 Å². The van der Waals surface area contributed by atoms with Gasteiger partial charge in [0.1, 0.15) is 11.6 Å². The van der Waals surface area contributed by atoms with Crippen molar-refractivity contribution in [3.8, 4) is 11.3 Å². The summed E-state index contributed by atoms with van der Waals surface area (Å²) in [5, 5.41) is 8.81. The average Bonchev–Trinajstić information content (AvgIpc) is 2.72. The van der Waals surface area contributed by atoms with E-state index in [1.165, 1.54) is 13.0 Å². The molecule has 0 saturated carbocycles. The van der Waals surface area contributed by atoms with Crippen molar-refractivity contribution in [2.24, 2.45) is 0 Å². The lowest BCUT2D eigenvalue weighted by atomic mass is 10.1. The summed E-state index contributed by atoms with van der Waals surface area (Å²) in [5.41, 5.74) is -0.345. The molecule has 6 heteroatoms. The molecule has 0 bridgehead atoms. The summed E-state index contributed by atoms with van der Waals surface area (Å²) in [4.78, 5) is 14.3. The standard InChI is InChI=1S/C11H7F2NO3/c1-5-2-6(8(13)3-7(5)12)10-9(11(15)16)14-4-17-10/h2-4H,1H3,(H,15,16). The van der Waals surface area contributed by atoms with Crippen molar-refractivity contribution in [2.75, 3.05) is 0 Å². The van der Waals surface area contributed by atoms with Gasteiger partial charge in [0.2, 0.25) is 0 Å². The first-order chi connectivity index (χ1) is 8.00. The molecule has 0 fully saturated rings. The molecule has 4 nitrogen and oxygen atoms in total. The summed E-state index contributed by atoms with van der Waals surface area (Å²) in [6.45, 7) is 1.44. The van der Waals surface area contributed by atoms with Crippen LogP contribution in [-0.2, 0) is 0 Å². The van der Waals surface area contributed by atoms with Gasteiger partial charge in [0.05, 0.1) is 5.56 Å². The lowest BCUT2D eigenvalue weighted by Crippen LogP contribution is -2.00. The predicted molar refractivity (Wildman–Crippen MR) is 53.6 cm³/mol. The van der Waals surface area contributed by atoms with Crippen molar-refractivity contribution in [1.29, 1.82) is 0 Å². The molecule has 0 aliphatic heterocycles. The van der Waals surface area contributed by atoms with E-state index in [1.807, 2.05) is 0 Å². The largest absolute Gasteiger partial charge is 0.476 e. The van der Waals surface area contributed by atoms with Crippen LogP contribution in [0.15, 0.2) is 22.9 Å². The summed E-state index contributed by atoms with van der Waals surface area (Å²) < 4.78 is 31.4. The van der Waals surface area contributed by atoms with Gasteiger partial charge in [0, 0.05) is 6.07 Å². The molecule has 1 aromatic heterocycles. The van der Waals surface area contributed by atoms with Crippen LogP contribution in [0.2, 0.25) is 0 Å². The summed E-state index contributed by atoms with van der Waals surface area (Å²) >= 11 is 0. The molecule has 1 aromatic carbocycles. The quantitative estimate of drug-likeness (QED) is 0.874. The lowest BCUT2D eigenvalue weighted by molar-refractivity contribution is 0.0691. The van der Waals surface area contributed by atoms with Crippen LogP contribution in [-0.4, -0.2) is 16.1 Å². The molecular weight excluding hydrogens is 232 g/mol. The number of hydrogen-bond donors (Lipinski definition) is 1. The fourth-order valence-corrected chi connectivity index (χ4v) is 1.42. The number of oxazole rings is 1. The van der Waals surface area contributed by atoms with Crippen LogP contribution in [0.1, 0.15) is 16.1 Å². The molecule has 0 unspecified atom stereocenters. The zero-order valence-corrected chi connectivity index (χ0v) is 8.70. The summed E-state index contributed by atoms with van der Waals surface area (Å²) in [5.74, 6) is -3.16. The topological polar surface area (TPSA) is 63.3 Å². The van der Waals surface area contributed by atoms with E-state index in [0.717, 1.165) is 6.39 Å². The van der Waals surface area contributed by atoms with E-state index in [2.05, 4.69) is 4.98 Å². The molecule has 0 saturated heterocycles. The van der Waals surface area contributed by atoms with Crippen LogP contribution in [0.4, 0.5) is 8.78 Å². The van der Waals surface area contributed by atoms with Gasteiger partial charge in [-0.15, -0.1) is 0 Å². The number of aryl methyl sites for hydroxylation is 1. The monoisotopic (exact) mass is 239 g/mol. The fraction of sp³-hybridized carbons (Fsp3) is 0.0909. The van der Waals surface area contributed by atoms with Crippen molar-refractivity contribution >= 4 is 5.97 Å². The second-order valence-corrected chi connectivity index (χ2v) is 3.42. The molecule has 0 atom stereocenters. The number of halogens is 2. The van der Waals surface area contributed by atoms with E-state index in [0.29, 0.717) is 6.07 Å². The highest BCUT2D eigenvalue weighted by Gasteiger charge is 2.21. The molecule has 0 aliphatic rings. The predicted octanol–water partition coefficient (Wildman–Crippen LogP) is 2.63. The molecule has 17 heavy (non-hydrogen) atoms. The zero-order valence-electron chi connectivity index (χ0n) is 8.70. The maximum absolute atomic E-state index is 13.5. The molecule has 88 valence electrons. The SMILES string of the molecule is Cc1cc(-c2ocnc2C(=O)O)c(F)cc1F. The normalized spacial score (nSPS) is 10.5. The van der Waals surface area contributed by atoms with Crippen molar-refractivity contribution in [1.82, 2.24) is 4.98 Å². The number of hydrogen-bond acceptors (Lipinski definition) is 3. The van der Waals surface area contributed by atoms with Gasteiger partial charge in [0.25, 0.3) is 0 Å². The summed E-state index contributed by atoms with van der Waals surface area (Å²) in [6, 6.07) is 1.86. The van der Waals surface area contributed by atoms with Crippen LogP contribution in [0.3, 0.4) is 0 Å². The number of nitrogens with zero attached hydrogens (tertiary/aromatic N) is 1. The van der Waals surface area contributed by atoms with E-state index in [-0.39, 0.29) is 16.9 Å². The Labute approximate surface area is 94.5 Å². The van der Waals surface area contributed by atoms with Crippen LogP contribution < -0.4 is 0 Å². The Balaban J connectivity index is 2.64. The van der Waals surface area contributed by atoms with Crippen molar-refractivity contribution in [3.05, 3.63) is 41.4 Å². The minimum Gasteiger partial charge on any atom is -0.476 e. The van der Waals surface area contributed by atoms with E-state index >= 15 is 0 Å². The Kier molecular flexibility index (Phi) is 2.63. The number of aromatic carboxylic acids is 1. The number of carboxylic acid groups (broad SMARTS) is 1. The first-order valence-electron chi connectivity index (χ1n) is 4.63. The zero-order chi connectivity index (χ0) is 12.6. The minimum absolute atomic E-state index is 0.126. The van der Waals surface area contributed by atoms with E-state index in [9.17, 15) is 13.6 Å². The Bertz CT molecular complexity index is 592. The van der Waals surface area contributed by atoms with Gasteiger partial charge < -0.3 is 9.52 Å². The average molecular weight is 239 g/mol. The smallest absolute Gasteiger partial charge is 0.358 e. The lowest BCUT2D eigenvalue weighted by Gasteiger charge is -2.03. The van der Waals surface area contributed by atoms with Gasteiger partial charge >= 0.3 is 5.97 Å². The third-order valence-corrected chi connectivity index (χ3v) is 2.26. The number of rotatable bonds is 2. The van der Waals surface area contributed by atoms with Gasteiger partial charge in [-0.05, 0) is 18.6 Å². The molecule has 1 N–H and O–H groups in total. The Morgan fingerprint density at radius 2 is 2.06 bits per heavy atom. The van der Waals surface area contributed by atoms with Gasteiger partial charge in [-0.1, -0.05) is 0 Å². The Morgan fingerprint density at radius 3 is 2.71 bits per heavy atom. The van der Waals surface area contributed by atoms with E-state index in [1.54, 1.807) is 0 Å². The van der Waals surface area contributed by atoms with Crippen molar-refractivity contribution in [2.45, 2.75) is 6.92 Å². The molecule has 0 amide bonds.